The minimum absolute atomic E-state index is 0.0292. The monoisotopic (exact) mass is 329 g/mol. The van der Waals surface area contributed by atoms with Gasteiger partial charge in [-0.25, -0.2) is 0 Å². The van der Waals surface area contributed by atoms with Gasteiger partial charge in [-0.05, 0) is 41.4 Å². The van der Waals surface area contributed by atoms with Crippen molar-refractivity contribution in [3.63, 3.8) is 0 Å². The first kappa shape index (κ1) is 15.3. The number of benzene rings is 2. The zero-order valence-electron chi connectivity index (χ0n) is 13.0. The molecule has 1 N–H and O–H groups in total. The third kappa shape index (κ3) is 2.81. The zero-order valence-corrected chi connectivity index (χ0v) is 14.6. The Hall–Kier alpha value is -1.65. The van der Waals surface area contributed by atoms with E-state index >= 15 is 0 Å². The number of aromatic hydroxyl groups is 1. The van der Waals surface area contributed by atoms with E-state index in [1.807, 2.05) is 24.3 Å². The number of hydrogen-bond donors (Lipinski definition) is 1. The van der Waals surface area contributed by atoms with Crippen molar-refractivity contribution in [2.45, 2.75) is 32.7 Å². The van der Waals surface area contributed by atoms with E-state index in [0.717, 1.165) is 20.6 Å². The number of phenols is 1. The van der Waals surface area contributed by atoms with Crippen LogP contribution in [0.25, 0.3) is 10.2 Å². The van der Waals surface area contributed by atoms with Gasteiger partial charge in [0.05, 0.1) is 16.8 Å². The molecule has 22 heavy (non-hydrogen) atoms. The van der Waals surface area contributed by atoms with Crippen molar-refractivity contribution in [3.05, 3.63) is 57.5 Å². The Kier molecular flexibility index (Phi) is 3.83. The molecule has 0 saturated carbocycles. The van der Waals surface area contributed by atoms with Crippen LogP contribution in [-0.2, 0) is 12.0 Å². The molecule has 0 saturated heterocycles. The smallest absolute Gasteiger partial charge is 0.162 e. The summed E-state index contributed by atoms with van der Waals surface area (Å²) in [6.45, 7) is 7.02. The van der Waals surface area contributed by atoms with Gasteiger partial charge >= 0.3 is 0 Å². The number of hydrogen-bond acceptors (Lipinski definition) is 3. The summed E-state index contributed by atoms with van der Waals surface area (Å²) in [4.78, 5) is 0. The molecule has 1 aromatic heterocycles. The molecule has 2 nitrogen and oxygen atoms in total. The molecule has 0 aliphatic carbocycles. The van der Waals surface area contributed by atoms with Gasteiger partial charge in [0.15, 0.2) is 3.95 Å². The molecular formula is C18H19NOS2. The highest BCUT2D eigenvalue weighted by molar-refractivity contribution is 7.73. The molecule has 2 aromatic carbocycles. The summed E-state index contributed by atoms with van der Waals surface area (Å²) in [5, 5.41) is 10.4. The normalized spacial score (nSPS) is 12.0. The Morgan fingerprint density at radius 1 is 1.14 bits per heavy atom. The average molecular weight is 329 g/mol. The molecule has 0 unspecified atom stereocenters. The lowest BCUT2D eigenvalue weighted by Crippen LogP contribution is -2.11. The maximum absolute atomic E-state index is 10.4. The number of aromatic nitrogens is 1. The number of phenolic OH excluding ortho intramolecular Hbond substituents is 1. The Morgan fingerprint density at radius 2 is 1.86 bits per heavy atom. The first-order chi connectivity index (χ1) is 10.4. The standard InChI is InChI=1S/C18H19NOS2/c1-18(2,3)13-9-8-12(15(20)10-13)11-19-14-6-4-5-7-16(14)22-17(19)21/h4-10,20H,11H2,1-3H3. The SMILES string of the molecule is CC(C)(C)c1ccc(Cn2c(=S)sc3ccccc32)c(O)c1. The van der Waals surface area contributed by atoms with Gasteiger partial charge in [0.1, 0.15) is 5.75 Å². The topological polar surface area (TPSA) is 25.2 Å². The number of nitrogens with zero attached hydrogens (tertiary/aromatic N) is 1. The van der Waals surface area contributed by atoms with Crippen LogP contribution in [-0.4, -0.2) is 9.67 Å². The zero-order chi connectivity index (χ0) is 15.9. The van der Waals surface area contributed by atoms with Crippen LogP contribution in [0.5, 0.6) is 5.75 Å². The second-order valence-corrected chi connectivity index (χ2v) is 8.19. The van der Waals surface area contributed by atoms with Gasteiger partial charge in [0.25, 0.3) is 0 Å². The van der Waals surface area contributed by atoms with E-state index in [9.17, 15) is 5.11 Å². The van der Waals surface area contributed by atoms with Crippen molar-refractivity contribution in [2.24, 2.45) is 0 Å². The summed E-state index contributed by atoms with van der Waals surface area (Å²) in [6, 6.07) is 14.2. The molecule has 0 fully saturated rings. The Bertz CT molecular complexity index is 884. The largest absolute Gasteiger partial charge is 0.508 e. The van der Waals surface area contributed by atoms with Crippen LogP contribution in [0.3, 0.4) is 0 Å². The minimum atomic E-state index is 0.0292. The predicted molar refractivity (Wildman–Crippen MR) is 96.6 cm³/mol. The third-order valence-corrected chi connectivity index (χ3v) is 5.28. The quantitative estimate of drug-likeness (QED) is 0.629. The van der Waals surface area contributed by atoms with Gasteiger partial charge in [0.2, 0.25) is 0 Å². The van der Waals surface area contributed by atoms with Crippen molar-refractivity contribution in [1.29, 1.82) is 0 Å². The number of fused-ring (bicyclic) bond motifs is 1. The second kappa shape index (κ2) is 5.52. The van der Waals surface area contributed by atoms with Gasteiger partial charge in [-0.2, -0.15) is 0 Å². The summed E-state index contributed by atoms with van der Waals surface area (Å²) >= 11 is 7.09. The van der Waals surface area contributed by atoms with Crippen LogP contribution in [0.1, 0.15) is 31.9 Å². The molecule has 114 valence electrons. The Balaban J connectivity index is 2.02. The highest BCUT2D eigenvalue weighted by Crippen LogP contribution is 2.30. The fourth-order valence-electron chi connectivity index (χ4n) is 2.50. The second-order valence-electron chi connectivity index (χ2n) is 6.52. The number of thiazole rings is 1. The van der Waals surface area contributed by atoms with E-state index in [0.29, 0.717) is 12.3 Å². The van der Waals surface area contributed by atoms with Crippen LogP contribution < -0.4 is 0 Å². The van der Waals surface area contributed by atoms with Crippen molar-refractivity contribution in [1.82, 2.24) is 4.57 Å². The Morgan fingerprint density at radius 3 is 2.55 bits per heavy atom. The van der Waals surface area contributed by atoms with Crippen LogP contribution in [0, 0.1) is 3.95 Å². The van der Waals surface area contributed by atoms with Gasteiger partial charge in [-0.1, -0.05) is 45.0 Å². The summed E-state index contributed by atoms with van der Waals surface area (Å²) in [6.07, 6.45) is 0. The van der Waals surface area contributed by atoms with Crippen molar-refractivity contribution in [3.8, 4) is 5.75 Å². The van der Waals surface area contributed by atoms with E-state index in [-0.39, 0.29) is 5.41 Å². The maximum Gasteiger partial charge on any atom is 0.162 e. The van der Waals surface area contributed by atoms with E-state index in [1.54, 1.807) is 11.3 Å². The van der Waals surface area contributed by atoms with Crippen LogP contribution in [0.2, 0.25) is 0 Å². The fourth-order valence-corrected chi connectivity index (χ4v) is 3.82. The first-order valence-electron chi connectivity index (χ1n) is 7.27. The van der Waals surface area contributed by atoms with Crippen LogP contribution in [0.4, 0.5) is 0 Å². The molecule has 0 aliphatic rings. The highest BCUT2D eigenvalue weighted by atomic mass is 32.1. The first-order valence-corrected chi connectivity index (χ1v) is 8.49. The van der Waals surface area contributed by atoms with Gasteiger partial charge in [-0.3, -0.25) is 0 Å². The van der Waals surface area contributed by atoms with Crippen molar-refractivity contribution in [2.75, 3.05) is 0 Å². The molecule has 0 atom stereocenters. The number of rotatable bonds is 2. The van der Waals surface area contributed by atoms with E-state index in [4.69, 9.17) is 12.2 Å². The summed E-state index contributed by atoms with van der Waals surface area (Å²) < 4.78 is 4.10. The van der Waals surface area contributed by atoms with E-state index in [2.05, 4.69) is 43.5 Å². The maximum atomic E-state index is 10.4. The Labute approximate surface area is 139 Å². The average Bonchev–Trinajstić information content (AvgIpc) is 2.76. The molecule has 0 radical (unpaired) electrons. The molecule has 3 aromatic rings. The molecule has 0 spiro atoms. The lowest BCUT2D eigenvalue weighted by molar-refractivity contribution is 0.462. The summed E-state index contributed by atoms with van der Waals surface area (Å²) in [5.74, 6) is 0.338. The molecule has 0 aliphatic heterocycles. The molecule has 1 heterocycles. The lowest BCUT2D eigenvalue weighted by Gasteiger charge is -2.20. The third-order valence-electron chi connectivity index (χ3n) is 3.85. The molecule has 0 amide bonds. The van der Waals surface area contributed by atoms with E-state index in [1.165, 1.54) is 4.70 Å². The van der Waals surface area contributed by atoms with Crippen molar-refractivity contribution < 1.29 is 5.11 Å². The molecule has 4 heteroatoms. The molecular weight excluding hydrogens is 310 g/mol. The van der Waals surface area contributed by atoms with Gasteiger partial charge in [-0.15, -0.1) is 11.3 Å². The van der Waals surface area contributed by atoms with Crippen LogP contribution in [0.15, 0.2) is 42.5 Å². The molecule has 3 rings (SSSR count). The van der Waals surface area contributed by atoms with Crippen molar-refractivity contribution >= 4 is 33.8 Å². The van der Waals surface area contributed by atoms with Gasteiger partial charge < -0.3 is 9.67 Å². The lowest BCUT2D eigenvalue weighted by atomic mass is 9.86. The van der Waals surface area contributed by atoms with E-state index < -0.39 is 0 Å². The summed E-state index contributed by atoms with van der Waals surface area (Å²) in [5.41, 5.74) is 3.18. The number of para-hydroxylation sites is 1. The predicted octanol–water partition coefficient (Wildman–Crippen LogP) is 5.48. The van der Waals surface area contributed by atoms with Crippen LogP contribution >= 0.6 is 23.6 Å². The minimum Gasteiger partial charge on any atom is -0.508 e. The fraction of sp³-hybridized carbons (Fsp3) is 0.278. The molecule has 0 bridgehead atoms. The summed E-state index contributed by atoms with van der Waals surface area (Å²) in [7, 11) is 0. The highest BCUT2D eigenvalue weighted by Gasteiger charge is 2.16. The van der Waals surface area contributed by atoms with Gasteiger partial charge in [0, 0.05) is 5.56 Å².